The van der Waals surface area contributed by atoms with Crippen molar-refractivity contribution in [3.63, 3.8) is 0 Å². The first kappa shape index (κ1) is 12.7. The molecular formula is C14H21N3O. The van der Waals surface area contributed by atoms with E-state index in [1.165, 1.54) is 24.8 Å². The minimum Gasteiger partial charge on any atom is -0.334 e. The van der Waals surface area contributed by atoms with Crippen LogP contribution in [0.3, 0.4) is 0 Å². The van der Waals surface area contributed by atoms with Gasteiger partial charge < -0.3 is 5.32 Å². The quantitative estimate of drug-likeness (QED) is 0.719. The van der Waals surface area contributed by atoms with Crippen LogP contribution < -0.4 is 16.2 Å². The molecule has 0 atom stereocenters. The van der Waals surface area contributed by atoms with Crippen LogP contribution in [0.15, 0.2) is 24.3 Å². The summed E-state index contributed by atoms with van der Waals surface area (Å²) in [5, 5.41) is 2.99. The molecule has 1 fully saturated rings. The predicted octanol–water partition coefficient (Wildman–Crippen LogP) is 2.95. The molecule has 2 rings (SSSR count). The lowest BCUT2D eigenvalue weighted by molar-refractivity contribution is 0.234. The Balaban J connectivity index is 1.72. The lowest BCUT2D eigenvalue weighted by atomic mass is 9.96. The van der Waals surface area contributed by atoms with Crippen LogP contribution in [-0.4, -0.2) is 12.1 Å². The molecule has 2 amide bonds. The molecule has 4 heteroatoms. The number of carbonyl (C=O) groups excluding carboxylic acids is 1. The first-order valence-electron chi connectivity index (χ1n) is 6.63. The van der Waals surface area contributed by atoms with Gasteiger partial charge in [-0.15, -0.1) is 0 Å². The molecule has 4 nitrogen and oxygen atoms in total. The van der Waals surface area contributed by atoms with Crippen molar-refractivity contribution in [2.24, 2.45) is 0 Å². The van der Waals surface area contributed by atoms with Crippen molar-refractivity contribution in [2.45, 2.75) is 45.1 Å². The molecule has 0 radical (unpaired) electrons. The largest absolute Gasteiger partial charge is 0.334 e. The minimum atomic E-state index is -0.150. The van der Waals surface area contributed by atoms with Crippen molar-refractivity contribution >= 4 is 11.7 Å². The molecule has 98 valence electrons. The summed E-state index contributed by atoms with van der Waals surface area (Å²) in [7, 11) is 0. The van der Waals surface area contributed by atoms with Gasteiger partial charge in [-0.1, -0.05) is 37.0 Å². The van der Waals surface area contributed by atoms with Crippen molar-refractivity contribution in [3.8, 4) is 0 Å². The Morgan fingerprint density at radius 3 is 2.44 bits per heavy atom. The van der Waals surface area contributed by atoms with Gasteiger partial charge in [-0.2, -0.15) is 0 Å². The Bertz CT molecular complexity index is 383. The molecule has 1 aromatic rings. The molecule has 1 aliphatic rings. The van der Waals surface area contributed by atoms with Gasteiger partial charge in [0.05, 0.1) is 5.69 Å². The van der Waals surface area contributed by atoms with Crippen LogP contribution in [0.5, 0.6) is 0 Å². The number of hydrogen-bond acceptors (Lipinski definition) is 2. The number of hydrazine groups is 1. The van der Waals surface area contributed by atoms with Crippen LogP contribution in [0.1, 0.15) is 37.7 Å². The number of aryl methyl sites for hydroxylation is 1. The number of benzene rings is 1. The molecule has 0 aliphatic heterocycles. The van der Waals surface area contributed by atoms with E-state index in [9.17, 15) is 4.79 Å². The fourth-order valence-electron chi connectivity index (χ4n) is 2.23. The minimum absolute atomic E-state index is 0.150. The molecule has 0 aromatic heterocycles. The number of anilines is 1. The lowest BCUT2D eigenvalue weighted by Gasteiger charge is -2.23. The normalized spacial score (nSPS) is 16.1. The molecule has 0 heterocycles. The molecule has 0 unspecified atom stereocenters. The molecule has 1 aromatic carbocycles. The molecule has 1 aliphatic carbocycles. The van der Waals surface area contributed by atoms with Crippen molar-refractivity contribution in [1.82, 2.24) is 10.7 Å². The monoisotopic (exact) mass is 247 g/mol. The lowest BCUT2D eigenvalue weighted by Crippen LogP contribution is -2.44. The van der Waals surface area contributed by atoms with Crippen molar-refractivity contribution in [1.29, 1.82) is 0 Å². The molecule has 18 heavy (non-hydrogen) atoms. The molecule has 0 bridgehead atoms. The van der Waals surface area contributed by atoms with Gasteiger partial charge >= 0.3 is 6.03 Å². The van der Waals surface area contributed by atoms with Crippen molar-refractivity contribution in [3.05, 3.63) is 29.8 Å². The van der Waals surface area contributed by atoms with Gasteiger partial charge in [0.1, 0.15) is 0 Å². The highest BCUT2D eigenvalue weighted by molar-refractivity contribution is 5.75. The number of nitrogens with one attached hydrogen (secondary N) is 3. The Kier molecular flexibility index (Phi) is 4.45. The average molecular weight is 247 g/mol. The van der Waals surface area contributed by atoms with E-state index < -0.39 is 0 Å². The summed E-state index contributed by atoms with van der Waals surface area (Å²) in [6.45, 7) is 2.03. The number of hydrogen-bond donors (Lipinski definition) is 3. The summed E-state index contributed by atoms with van der Waals surface area (Å²) in [5.41, 5.74) is 7.65. The third-order valence-electron chi connectivity index (χ3n) is 3.31. The van der Waals surface area contributed by atoms with Gasteiger partial charge in [0.15, 0.2) is 0 Å². The highest BCUT2D eigenvalue weighted by Crippen LogP contribution is 2.17. The van der Waals surface area contributed by atoms with Gasteiger partial charge in [-0.3, -0.25) is 10.9 Å². The number of rotatable bonds is 3. The Hall–Kier alpha value is -1.71. The Labute approximate surface area is 108 Å². The molecule has 1 saturated carbocycles. The summed E-state index contributed by atoms with van der Waals surface area (Å²) >= 11 is 0. The zero-order valence-corrected chi connectivity index (χ0v) is 10.8. The van der Waals surface area contributed by atoms with Crippen LogP contribution in [0.4, 0.5) is 10.5 Å². The summed E-state index contributed by atoms with van der Waals surface area (Å²) in [5.74, 6) is 0. The maximum Gasteiger partial charge on any atom is 0.333 e. The van der Waals surface area contributed by atoms with Gasteiger partial charge in [-0.05, 0) is 31.9 Å². The van der Waals surface area contributed by atoms with Gasteiger partial charge in [0.2, 0.25) is 0 Å². The molecule has 0 saturated heterocycles. The van der Waals surface area contributed by atoms with Crippen LogP contribution in [0, 0.1) is 6.92 Å². The van der Waals surface area contributed by atoms with Crippen LogP contribution in [-0.2, 0) is 0 Å². The third-order valence-corrected chi connectivity index (χ3v) is 3.31. The smallest absolute Gasteiger partial charge is 0.333 e. The van der Waals surface area contributed by atoms with Crippen LogP contribution in [0.25, 0.3) is 0 Å². The second kappa shape index (κ2) is 6.28. The van der Waals surface area contributed by atoms with E-state index in [1.54, 1.807) is 0 Å². The molecular weight excluding hydrogens is 226 g/mol. The Morgan fingerprint density at radius 1 is 1.11 bits per heavy atom. The summed E-state index contributed by atoms with van der Waals surface area (Å²) in [6.07, 6.45) is 5.92. The number of carbonyl (C=O) groups is 1. The molecule has 3 N–H and O–H groups in total. The van der Waals surface area contributed by atoms with E-state index >= 15 is 0 Å². The van der Waals surface area contributed by atoms with E-state index in [2.05, 4.69) is 16.2 Å². The zero-order valence-electron chi connectivity index (χ0n) is 10.8. The number of urea groups is 1. The SMILES string of the molecule is Cc1ccc(NNC(=O)NC2CCCCC2)cc1. The fraction of sp³-hybridized carbons (Fsp3) is 0.500. The standard InChI is InChI=1S/C14H21N3O/c1-11-7-9-13(10-8-11)16-17-14(18)15-12-5-3-2-4-6-12/h7-10,12,16H,2-6H2,1H3,(H2,15,17,18). The van der Waals surface area contributed by atoms with E-state index in [-0.39, 0.29) is 6.03 Å². The van der Waals surface area contributed by atoms with E-state index in [4.69, 9.17) is 0 Å². The highest BCUT2D eigenvalue weighted by Gasteiger charge is 2.15. The first-order valence-corrected chi connectivity index (χ1v) is 6.63. The maximum absolute atomic E-state index is 11.7. The number of amides is 2. The third kappa shape index (κ3) is 3.95. The van der Waals surface area contributed by atoms with Gasteiger partial charge in [-0.25, -0.2) is 4.79 Å². The van der Waals surface area contributed by atoms with Crippen LogP contribution in [0.2, 0.25) is 0 Å². The Morgan fingerprint density at radius 2 is 1.78 bits per heavy atom. The average Bonchev–Trinajstić information content (AvgIpc) is 2.39. The molecule has 0 spiro atoms. The first-order chi connectivity index (χ1) is 8.74. The zero-order chi connectivity index (χ0) is 12.8. The summed E-state index contributed by atoms with van der Waals surface area (Å²) < 4.78 is 0. The van der Waals surface area contributed by atoms with E-state index in [0.717, 1.165) is 18.5 Å². The summed E-state index contributed by atoms with van der Waals surface area (Å²) in [6, 6.07) is 8.07. The van der Waals surface area contributed by atoms with E-state index in [0.29, 0.717) is 6.04 Å². The second-order valence-corrected chi connectivity index (χ2v) is 4.92. The highest BCUT2D eigenvalue weighted by atomic mass is 16.2. The second-order valence-electron chi connectivity index (χ2n) is 4.92. The van der Waals surface area contributed by atoms with Gasteiger partial charge in [0, 0.05) is 6.04 Å². The maximum atomic E-state index is 11.7. The van der Waals surface area contributed by atoms with Gasteiger partial charge in [0.25, 0.3) is 0 Å². The summed E-state index contributed by atoms with van der Waals surface area (Å²) in [4.78, 5) is 11.7. The van der Waals surface area contributed by atoms with Crippen LogP contribution >= 0.6 is 0 Å². The predicted molar refractivity (Wildman–Crippen MR) is 73.3 cm³/mol. The van der Waals surface area contributed by atoms with E-state index in [1.807, 2.05) is 31.2 Å². The van der Waals surface area contributed by atoms with Crippen molar-refractivity contribution < 1.29 is 4.79 Å². The topological polar surface area (TPSA) is 53.2 Å². The van der Waals surface area contributed by atoms with Crippen molar-refractivity contribution in [2.75, 3.05) is 5.43 Å². The fourth-order valence-corrected chi connectivity index (χ4v) is 2.23.